The summed E-state index contributed by atoms with van der Waals surface area (Å²) in [4.78, 5) is 36.2. The quantitative estimate of drug-likeness (QED) is 0.463. The molecule has 2 aromatic heterocycles. The van der Waals surface area contributed by atoms with Crippen molar-refractivity contribution in [2.75, 3.05) is 5.32 Å². The van der Waals surface area contributed by atoms with Gasteiger partial charge in [0.1, 0.15) is 5.82 Å². The first kappa shape index (κ1) is 21.4. The van der Waals surface area contributed by atoms with Crippen LogP contribution in [0.4, 0.5) is 10.3 Å². The smallest absolute Gasteiger partial charge is 0.272 e. The Balaban J connectivity index is 1.26. The number of anilines is 1. The maximum Gasteiger partial charge on any atom is 0.272 e. The van der Waals surface area contributed by atoms with Crippen molar-refractivity contribution in [3.63, 3.8) is 0 Å². The number of H-pyrrole nitrogens is 1. The number of carbonyl (C=O) groups is 1. The third kappa shape index (κ3) is 4.03. The van der Waals surface area contributed by atoms with E-state index in [0.29, 0.717) is 42.6 Å². The summed E-state index contributed by atoms with van der Waals surface area (Å²) >= 11 is 0. The molecule has 4 aromatic rings. The van der Waals surface area contributed by atoms with E-state index in [0.717, 1.165) is 40.7 Å². The molecule has 2 aromatic carbocycles. The number of benzene rings is 2. The van der Waals surface area contributed by atoms with Crippen molar-refractivity contribution in [1.29, 1.82) is 0 Å². The summed E-state index contributed by atoms with van der Waals surface area (Å²) in [5.74, 6) is -0.377. The highest BCUT2D eigenvalue weighted by Crippen LogP contribution is 2.29. The fraction of sp³-hybridized carbons (Fsp3) is 0.269. The first-order valence-electron chi connectivity index (χ1n) is 11.6. The number of amides is 1. The number of aromatic amines is 1. The normalized spacial score (nSPS) is 14.9. The summed E-state index contributed by atoms with van der Waals surface area (Å²) in [7, 11) is 0. The number of hydrogen-bond donors (Lipinski definition) is 2. The molecule has 1 fully saturated rings. The molecule has 0 saturated heterocycles. The molecular weight excluding hydrogens is 447 g/mol. The number of aryl methyl sites for hydroxylation is 1. The van der Waals surface area contributed by atoms with Gasteiger partial charge in [-0.15, -0.1) is 0 Å². The molecule has 0 unspecified atom stereocenters. The van der Waals surface area contributed by atoms with E-state index >= 15 is 0 Å². The fourth-order valence-electron chi connectivity index (χ4n) is 4.55. The number of nitrogens with zero attached hydrogens (tertiary/aromatic N) is 4. The van der Waals surface area contributed by atoms with Crippen LogP contribution in [0.15, 0.2) is 47.3 Å². The topological polar surface area (TPSA) is 104 Å². The van der Waals surface area contributed by atoms with Crippen LogP contribution >= 0.6 is 0 Å². The third-order valence-electron chi connectivity index (χ3n) is 6.59. The first-order valence-corrected chi connectivity index (χ1v) is 11.6. The van der Waals surface area contributed by atoms with Gasteiger partial charge in [-0.25, -0.2) is 19.5 Å². The molecule has 176 valence electrons. The number of rotatable bonds is 5. The number of nitrogens with one attached hydrogen (secondary N) is 2. The Morgan fingerprint density at radius 1 is 1.14 bits per heavy atom. The van der Waals surface area contributed by atoms with E-state index in [1.807, 2.05) is 19.1 Å². The van der Waals surface area contributed by atoms with Crippen LogP contribution in [0.5, 0.6) is 0 Å². The first-order chi connectivity index (χ1) is 17.0. The monoisotopic (exact) mass is 470 g/mol. The van der Waals surface area contributed by atoms with Gasteiger partial charge >= 0.3 is 0 Å². The van der Waals surface area contributed by atoms with Crippen LogP contribution in [0.2, 0.25) is 0 Å². The molecule has 8 nitrogen and oxygen atoms in total. The average molecular weight is 471 g/mol. The SMILES string of the molecule is Cc1nc(NC2CC2)nc2c1CN(C(=O)c1cc(Cc3n[nH]c(=O)c4ccccc34)ccc1F)C2. The van der Waals surface area contributed by atoms with Gasteiger partial charge < -0.3 is 10.2 Å². The average Bonchev–Trinajstić information content (AvgIpc) is 3.56. The lowest BCUT2D eigenvalue weighted by molar-refractivity contribution is 0.0745. The van der Waals surface area contributed by atoms with Crippen LogP contribution < -0.4 is 10.9 Å². The van der Waals surface area contributed by atoms with Crippen molar-refractivity contribution >= 4 is 22.6 Å². The molecule has 6 rings (SSSR count). The zero-order valence-electron chi connectivity index (χ0n) is 19.1. The molecule has 3 heterocycles. The van der Waals surface area contributed by atoms with Gasteiger partial charge in [-0.2, -0.15) is 5.10 Å². The largest absolute Gasteiger partial charge is 0.351 e. The summed E-state index contributed by atoms with van der Waals surface area (Å²) in [5, 5.41) is 11.3. The second kappa shape index (κ2) is 8.26. The molecule has 1 saturated carbocycles. The number of carbonyl (C=O) groups excluding carboxylic acids is 1. The maximum absolute atomic E-state index is 14.8. The zero-order valence-corrected chi connectivity index (χ0v) is 19.1. The Hall–Kier alpha value is -4.14. The molecule has 0 radical (unpaired) electrons. The Morgan fingerprint density at radius 3 is 2.74 bits per heavy atom. The predicted octanol–water partition coefficient (Wildman–Crippen LogP) is 3.48. The second-order valence-corrected chi connectivity index (χ2v) is 9.17. The van der Waals surface area contributed by atoms with Crippen LogP contribution in [0, 0.1) is 12.7 Å². The molecule has 1 aliphatic heterocycles. The number of hydrogen-bond acceptors (Lipinski definition) is 6. The van der Waals surface area contributed by atoms with E-state index in [9.17, 15) is 14.0 Å². The van der Waals surface area contributed by atoms with Gasteiger partial charge in [0.25, 0.3) is 11.5 Å². The van der Waals surface area contributed by atoms with Crippen LogP contribution in [0.3, 0.4) is 0 Å². The summed E-state index contributed by atoms with van der Waals surface area (Å²) in [6.45, 7) is 2.57. The predicted molar refractivity (Wildman–Crippen MR) is 129 cm³/mol. The fourth-order valence-corrected chi connectivity index (χ4v) is 4.55. The van der Waals surface area contributed by atoms with Gasteiger partial charge in [0.05, 0.1) is 35.4 Å². The minimum Gasteiger partial charge on any atom is -0.351 e. The Morgan fingerprint density at radius 2 is 1.94 bits per heavy atom. The molecule has 0 atom stereocenters. The van der Waals surface area contributed by atoms with Gasteiger partial charge in [0.15, 0.2) is 0 Å². The van der Waals surface area contributed by atoms with E-state index in [4.69, 9.17) is 0 Å². The van der Waals surface area contributed by atoms with Gasteiger partial charge in [-0.3, -0.25) is 9.59 Å². The minimum absolute atomic E-state index is 0.00553. The van der Waals surface area contributed by atoms with E-state index in [-0.39, 0.29) is 11.1 Å². The van der Waals surface area contributed by atoms with Crippen molar-refractivity contribution in [2.24, 2.45) is 0 Å². The molecular formula is C26H23FN6O2. The summed E-state index contributed by atoms with van der Waals surface area (Å²) < 4.78 is 14.8. The lowest BCUT2D eigenvalue weighted by Crippen LogP contribution is -2.26. The standard InChI is InChI=1S/C26H23FN6O2/c1-14-20-12-33(13-23(20)30-26(28-14)29-16-7-8-16)25(35)19-10-15(6-9-21(19)27)11-22-17-4-2-3-5-18(17)24(34)32-31-22/h2-6,9-10,16H,7-8,11-13H2,1H3,(H,32,34)(H,28,29,30). The van der Waals surface area contributed by atoms with Gasteiger partial charge in [-0.05, 0) is 43.5 Å². The molecule has 2 N–H and O–H groups in total. The molecule has 1 amide bonds. The van der Waals surface area contributed by atoms with Crippen LogP contribution in [-0.2, 0) is 19.5 Å². The molecule has 2 aliphatic rings. The Labute approximate surface area is 200 Å². The van der Waals surface area contributed by atoms with Crippen molar-refractivity contribution in [1.82, 2.24) is 25.1 Å². The zero-order chi connectivity index (χ0) is 24.1. The van der Waals surface area contributed by atoms with Crippen molar-refractivity contribution in [2.45, 2.75) is 45.3 Å². The van der Waals surface area contributed by atoms with Crippen LogP contribution in [-0.4, -0.2) is 37.0 Å². The van der Waals surface area contributed by atoms with Crippen LogP contribution in [0.25, 0.3) is 10.8 Å². The molecule has 0 bridgehead atoms. The number of aromatic nitrogens is 4. The highest BCUT2D eigenvalue weighted by molar-refractivity contribution is 5.95. The molecule has 1 aliphatic carbocycles. The lowest BCUT2D eigenvalue weighted by Gasteiger charge is -2.16. The summed E-state index contributed by atoms with van der Waals surface area (Å²) in [5.41, 5.74) is 3.67. The van der Waals surface area contributed by atoms with Crippen molar-refractivity contribution in [3.05, 3.63) is 92.4 Å². The number of fused-ring (bicyclic) bond motifs is 2. The maximum atomic E-state index is 14.8. The summed E-state index contributed by atoms with van der Waals surface area (Å²) in [6.07, 6.45) is 2.58. The molecule has 35 heavy (non-hydrogen) atoms. The molecule has 9 heteroatoms. The van der Waals surface area contributed by atoms with E-state index in [2.05, 4.69) is 25.5 Å². The van der Waals surface area contributed by atoms with E-state index in [1.165, 1.54) is 6.07 Å². The van der Waals surface area contributed by atoms with E-state index in [1.54, 1.807) is 29.2 Å². The highest BCUT2D eigenvalue weighted by Gasteiger charge is 2.30. The summed E-state index contributed by atoms with van der Waals surface area (Å²) in [6, 6.07) is 12.1. The third-order valence-corrected chi connectivity index (χ3v) is 6.59. The number of halogens is 1. The van der Waals surface area contributed by atoms with Gasteiger partial charge in [-0.1, -0.05) is 24.3 Å². The molecule has 0 spiro atoms. The minimum atomic E-state index is -0.576. The lowest BCUT2D eigenvalue weighted by atomic mass is 10.0. The van der Waals surface area contributed by atoms with Crippen molar-refractivity contribution < 1.29 is 9.18 Å². The Bertz CT molecular complexity index is 1550. The van der Waals surface area contributed by atoms with Gasteiger partial charge in [0, 0.05) is 29.1 Å². The second-order valence-electron chi connectivity index (χ2n) is 9.17. The van der Waals surface area contributed by atoms with Crippen molar-refractivity contribution in [3.8, 4) is 0 Å². The van der Waals surface area contributed by atoms with Crippen LogP contribution in [0.1, 0.15) is 51.4 Å². The Kier molecular flexibility index (Phi) is 5.05. The van der Waals surface area contributed by atoms with Gasteiger partial charge in [0.2, 0.25) is 5.95 Å². The van der Waals surface area contributed by atoms with E-state index < -0.39 is 11.7 Å². The highest BCUT2D eigenvalue weighted by atomic mass is 19.1.